The molecule has 1 unspecified atom stereocenters. The number of thiazole rings is 1. The number of hydrogen-bond donors (Lipinski definition) is 1. The van der Waals surface area contributed by atoms with E-state index in [2.05, 4.69) is 35.8 Å². The molecule has 1 atom stereocenters. The third-order valence-corrected chi connectivity index (χ3v) is 7.20. The van der Waals surface area contributed by atoms with Crippen LogP contribution < -0.4 is 10.1 Å². The van der Waals surface area contributed by atoms with E-state index in [4.69, 9.17) is 14.8 Å². The number of nitrogens with one attached hydrogen (secondary N) is 1. The van der Waals surface area contributed by atoms with Gasteiger partial charge in [0.1, 0.15) is 11.6 Å². The van der Waals surface area contributed by atoms with E-state index in [1.165, 1.54) is 16.2 Å². The summed E-state index contributed by atoms with van der Waals surface area (Å²) in [5.41, 5.74) is 3.98. The van der Waals surface area contributed by atoms with Gasteiger partial charge in [-0.05, 0) is 56.0 Å². The molecule has 0 bridgehead atoms. The standard InChI is InChI=1S/C23H22N4O2S2/c1-4-29-15-7-10-18-19(11-15)31-23(24-18)27-22-21(13(2)26-27)17(12-20(28)25-22)14-5-8-16(30-3)9-6-14/h5-11,17H,4,12H2,1-3H3,(H,25,28). The lowest BCUT2D eigenvalue weighted by Crippen LogP contribution is -2.24. The highest BCUT2D eigenvalue weighted by atomic mass is 32.2. The van der Waals surface area contributed by atoms with Crippen LogP contribution in [0.25, 0.3) is 15.3 Å². The van der Waals surface area contributed by atoms with Crippen molar-refractivity contribution >= 4 is 45.0 Å². The molecule has 158 valence electrons. The maximum Gasteiger partial charge on any atom is 0.226 e. The van der Waals surface area contributed by atoms with Gasteiger partial charge in [0.15, 0.2) is 0 Å². The number of rotatable bonds is 5. The average Bonchev–Trinajstić information content (AvgIpc) is 3.34. The zero-order valence-electron chi connectivity index (χ0n) is 17.5. The van der Waals surface area contributed by atoms with Crippen molar-refractivity contribution in [1.82, 2.24) is 14.8 Å². The lowest BCUT2D eigenvalue weighted by atomic mass is 9.86. The molecule has 0 spiro atoms. The van der Waals surface area contributed by atoms with Crippen molar-refractivity contribution in [2.75, 3.05) is 18.2 Å². The lowest BCUT2D eigenvalue weighted by molar-refractivity contribution is -0.116. The smallest absolute Gasteiger partial charge is 0.226 e. The molecule has 2 aromatic heterocycles. The van der Waals surface area contributed by atoms with E-state index in [1.54, 1.807) is 16.4 Å². The number of hydrogen-bond acceptors (Lipinski definition) is 6. The van der Waals surface area contributed by atoms with Gasteiger partial charge in [-0.3, -0.25) is 4.79 Å². The summed E-state index contributed by atoms with van der Waals surface area (Å²) in [7, 11) is 0. The van der Waals surface area contributed by atoms with Crippen LogP contribution in [0.5, 0.6) is 5.75 Å². The molecule has 0 radical (unpaired) electrons. The normalized spacial score (nSPS) is 15.7. The highest BCUT2D eigenvalue weighted by Crippen LogP contribution is 2.41. The number of carbonyl (C=O) groups excluding carboxylic acids is 1. The Labute approximate surface area is 188 Å². The number of carbonyl (C=O) groups is 1. The minimum absolute atomic E-state index is 0.00710. The Morgan fingerprint density at radius 1 is 1.26 bits per heavy atom. The summed E-state index contributed by atoms with van der Waals surface area (Å²) in [6.07, 6.45) is 2.47. The molecule has 2 aromatic carbocycles. The number of thioether (sulfide) groups is 1. The Hall–Kier alpha value is -2.84. The average molecular weight is 451 g/mol. The van der Waals surface area contributed by atoms with Crippen LogP contribution in [-0.4, -0.2) is 33.5 Å². The lowest BCUT2D eigenvalue weighted by Gasteiger charge is -2.24. The minimum Gasteiger partial charge on any atom is -0.494 e. The molecule has 1 aliphatic heterocycles. The largest absolute Gasteiger partial charge is 0.494 e. The van der Waals surface area contributed by atoms with Gasteiger partial charge in [-0.2, -0.15) is 9.78 Å². The van der Waals surface area contributed by atoms with Gasteiger partial charge in [0.05, 0.1) is 22.5 Å². The van der Waals surface area contributed by atoms with E-state index in [9.17, 15) is 4.79 Å². The fraction of sp³-hybridized carbons (Fsp3) is 0.261. The van der Waals surface area contributed by atoms with Crippen LogP contribution in [0.3, 0.4) is 0 Å². The predicted octanol–water partition coefficient (Wildman–Crippen LogP) is 5.39. The number of aromatic nitrogens is 3. The third-order valence-electron chi connectivity index (χ3n) is 5.46. The molecule has 0 aliphatic carbocycles. The van der Waals surface area contributed by atoms with E-state index in [0.717, 1.165) is 43.7 Å². The van der Waals surface area contributed by atoms with Crippen LogP contribution in [-0.2, 0) is 4.79 Å². The van der Waals surface area contributed by atoms with Gasteiger partial charge in [0, 0.05) is 22.8 Å². The summed E-state index contributed by atoms with van der Waals surface area (Å²) in [5.74, 6) is 1.52. The van der Waals surface area contributed by atoms with Crippen molar-refractivity contribution in [1.29, 1.82) is 0 Å². The minimum atomic E-state index is -0.0210. The molecule has 0 saturated heterocycles. The summed E-state index contributed by atoms with van der Waals surface area (Å²) in [6.45, 7) is 4.58. The van der Waals surface area contributed by atoms with Crippen molar-refractivity contribution in [3.63, 3.8) is 0 Å². The molecule has 3 heterocycles. The summed E-state index contributed by atoms with van der Waals surface area (Å²) < 4.78 is 8.41. The van der Waals surface area contributed by atoms with Crippen LogP contribution in [0.1, 0.15) is 36.1 Å². The van der Waals surface area contributed by atoms with Crippen LogP contribution in [0, 0.1) is 6.92 Å². The zero-order valence-corrected chi connectivity index (χ0v) is 19.1. The molecule has 6 nitrogen and oxygen atoms in total. The zero-order chi connectivity index (χ0) is 21.5. The number of benzene rings is 2. The second-order valence-corrected chi connectivity index (χ2v) is 9.29. The molecule has 1 amide bonds. The second-order valence-electron chi connectivity index (χ2n) is 7.40. The van der Waals surface area contributed by atoms with Gasteiger partial charge < -0.3 is 10.1 Å². The van der Waals surface area contributed by atoms with Gasteiger partial charge in [-0.1, -0.05) is 23.5 Å². The first-order valence-electron chi connectivity index (χ1n) is 10.1. The number of aryl methyl sites for hydroxylation is 1. The number of amides is 1. The number of ether oxygens (including phenoxy) is 1. The predicted molar refractivity (Wildman–Crippen MR) is 126 cm³/mol. The highest BCUT2D eigenvalue weighted by molar-refractivity contribution is 7.98. The summed E-state index contributed by atoms with van der Waals surface area (Å²) >= 11 is 3.24. The summed E-state index contributed by atoms with van der Waals surface area (Å²) in [6, 6.07) is 14.3. The van der Waals surface area contributed by atoms with Gasteiger partial charge in [0.2, 0.25) is 11.0 Å². The maximum atomic E-state index is 12.6. The molecule has 1 N–H and O–H groups in total. The van der Waals surface area contributed by atoms with Gasteiger partial charge >= 0.3 is 0 Å². The molecule has 1 aliphatic rings. The van der Waals surface area contributed by atoms with E-state index in [0.29, 0.717) is 13.0 Å². The Morgan fingerprint density at radius 3 is 2.81 bits per heavy atom. The summed E-state index contributed by atoms with van der Waals surface area (Å²) in [4.78, 5) is 18.6. The molecular formula is C23H22N4O2S2. The summed E-state index contributed by atoms with van der Waals surface area (Å²) in [5, 5.41) is 8.55. The van der Waals surface area contributed by atoms with Crippen LogP contribution in [0.2, 0.25) is 0 Å². The van der Waals surface area contributed by atoms with Crippen molar-refractivity contribution in [3.05, 3.63) is 59.3 Å². The SMILES string of the molecule is CCOc1ccc2nc(-n3nc(C)c4c3NC(=O)CC4c3ccc(SC)cc3)sc2c1. The van der Waals surface area contributed by atoms with E-state index >= 15 is 0 Å². The topological polar surface area (TPSA) is 69.0 Å². The number of nitrogens with zero attached hydrogens (tertiary/aromatic N) is 3. The Bertz CT molecular complexity index is 1280. The monoisotopic (exact) mass is 450 g/mol. The van der Waals surface area contributed by atoms with Gasteiger partial charge in [-0.15, -0.1) is 11.8 Å². The van der Waals surface area contributed by atoms with Crippen molar-refractivity contribution in [3.8, 4) is 10.9 Å². The number of anilines is 1. The first-order chi connectivity index (χ1) is 15.1. The van der Waals surface area contributed by atoms with Gasteiger partial charge in [-0.25, -0.2) is 4.98 Å². The highest BCUT2D eigenvalue weighted by Gasteiger charge is 2.33. The van der Waals surface area contributed by atoms with Crippen LogP contribution >= 0.6 is 23.1 Å². The molecule has 0 fully saturated rings. The van der Waals surface area contributed by atoms with Crippen molar-refractivity contribution < 1.29 is 9.53 Å². The molecule has 31 heavy (non-hydrogen) atoms. The maximum absolute atomic E-state index is 12.6. The van der Waals surface area contributed by atoms with E-state index in [1.807, 2.05) is 32.0 Å². The fourth-order valence-electron chi connectivity index (χ4n) is 4.05. The van der Waals surface area contributed by atoms with Gasteiger partial charge in [0.25, 0.3) is 0 Å². The Morgan fingerprint density at radius 2 is 2.06 bits per heavy atom. The second kappa shape index (κ2) is 8.01. The third kappa shape index (κ3) is 3.59. The molecule has 5 rings (SSSR count). The number of fused-ring (bicyclic) bond motifs is 2. The Balaban J connectivity index is 1.59. The quantitative estimate of drug-likeness (QED) is 0.413. The van der Waals surface area contributed by atoms with E-state index < -0.39 is 0 Å². The molecule has 4 aromatic rings. The molecule has 8 heteroatoms. The van der Waals surface area contributed by atoms with Crippen LogP contribution in [0.15, 0.2) is 47.4 Å². The van der Waals surface area contributed by atoms with Crippen molar-refractivity contribution in [2.45, 2.75) is 31.1 Å². The Kier molecular flexibility index (Phi) is 5.19. The molecule has 0 saturated carbocycles. The molecular weight excluding hydrogens is 428 g/mol. The van der Waals surface area contributed by atoms with E-state index in [-0.39, 0.29) is 11.8 Å². The van der Waals surface area contributed by atoms with Crippen LogP contribution in [0.4, 0.5) is 5.82 Å². The fourth-order valence-corrected chi connectivity index (χ4v) is 5.41. The first-order valence-corrected chi connectivity index (χ1v) is 12.2. The van der Waals surface area contributed by atoms with Crippen molar-refractivity contribution in [2.24, 2.45) is 0 Å². The first kappa shape index (κ1) is 20.1.